The van der Waals surface area contributed by atoms with Gasteiger partial charge in [0.15, 0.2) is 0 Å². The molecule has 6 nitrogen and oxygen atoms in total. The van der Waals surface area contributed by atoms with Crippen LogP contribution in [0.2, 0.25) is 0 Å². The first kappa shape index (κ1) is 17.0. The van der Waals surface area contributed by atoms with Crippen LogP contribution < -0.4 is 10.6 Å². The smallest absolute Gasteiger partial charge is 0.319 e. The summed E-state index contributed by atoms with van der Waals surface area (Å²) < 4.78 is 16.2. The number of hydrogen-bond acceptors (Lipinski definition) is 3. The molecule has 3 aromatic rings. The van der Waals surface area contributed by atoms with Crippen molar-refractivity contribution in [1.82, 2.24) is 14.7 Å². The largest absolute Gasteiger partial charge is 0.334 e. The molecule has 1 aliphatic heterocycles. The van der Waals surface area contributed by atoms with Gasteiger partial charge in [0.25, 0.3) is 0 Å². The van der Waals surface area contributed by atoms with Gasteiger partial charge in [-0.2, -0.15) is 0 Å². The summed E-state index contributed by atoms with van der Waals surface area (Å²) in [5.74, 6) is -0.468. The number of allylic oxidation sites excluding steroid dienone is 1. The molecule has 0 unspecified atom stereocenters. The molecule has 1 aromatic carbocycles. The van der Waals surface area contributed by atoms with Crippen LogP contribution in [0.5, 0.6) is 0 Å². The molecule has 2 aromatic heterocycles. The van der Waals surface area contributed by atoms with Gasteiger partial charge in [0.2, 0.25) is 0 Å². The van der Waals surface area contributed by atoms with Crippen molar-refractivity contribution in [3.8, 4) is 0 Å². The zero-order valence-electron chi connectivity index (χ0n) is 14.5. The summed E-state index contributed by atoms with van der Waals surface area (Å²) in [6.07, 6.45) is 9.93. The summed E-state index contributed by atoms with van der Waals surface area (Å²) in [5.41, 5.74) is 3.70. The van der Waals surface area contributed by atoms with E-state index in [1.165, 1.54) is 6.07 Å². The number of imidazole rings is 1. The molecule has 0 saturated carbocycles. The monoisotopic (exact) mass is 363 g/mol. The standard InChI is InChI=1S/C20H18FN5O/c21-17-12-16(15-3-6-22-7-4-15)1-2-18(17)25-20(27)24-13-14-5-9-26-10-8-23-19(26)11-14/h1-3,5,7-12H,4,6,13H2,(H2,24,25,27). The Balaban J connectivity index is 1.38. The Labute approximate surface area is 155 Å². The van der Waals surface area contributed by atoms with Crippen molar-refractivity contribution in [2.75, 3.05) is 11.9 Å². The molecule has 136 valence electrons. The van der Waals surface area contributed by atoms with E-state index >= 15 is 0 Å². The number of pyridine rings is 1. The summed E-state index contributed by atoms with van der Waals surface area (Å²) in [7, 11) is 0. The van der Waals surface area contributed by atoms with Gasteiger partial charge in [0.05, 0.1) is 12.2 Å². The first-order valence-electron chi connectivity index (χ1n) is 8.63. The van der Waals surface area contributed by atoms with Gasteiger partial charge in [-0.1, -0.05) is 12.1 Å². The van der Waals surface area contributed by atoms with Gasteiger partial charge < -0.3 is 15.0 Å². The van der Waals surface area contributed by atoms with E-state index in [0.29, 0.717) is 19.5 Å². The second kappa shape index (κ2) is 7.41. The van der Waals surface area contributed by atoms with Crippen LogP contribution in [0.15, 0.2) is 60.0 Å². The molecule has 0 fully saturated rings. The molecule has 4 rings (SSSR count). The number of aliphatic imine (C=N–C) groups is 1. The Morgan fingerprint density at radius 3 is 2.96 bits per heavy atom. The summed E-state index contributed by atoms with van der Waals surface area (Å²) in [6, 6.07) is 8.13. The van der Waals surface area contributed by atoms with Gasteiger partial charge in [-0.05, 0) is 41.0 Å². The number of aromatic nitrogens is 2. The first-order chi connectivity index (χ1) is 13.2. The van der Waals surface area contributed by atoms with Gasteiger partial charge in [0, 0.05) is 37.8 Å². The number of carbonyl (C=O) groups is 1. The fourth-order valence-electron chi connectivity index (χ4n) is 2.95. The van der Waals surface area contributed by atoms with Crippen LogP contribution >= 0.6 is 0 Å². The molecular formula is C20H18FN5O. The Hall–Kier alpha value is -3.48. The third kappa shape index (κ3) is 3.87. The van der Waals surface area contributed by atoms with Crippen molar-refractivity contribution < 1.29 is 9.18 Å². The van der Waals surface area contributed by atoms with Crippen LogP contribution in [0, 0.1) is 5.82 Å². The summed E-state index contributed by atoms with van der Waals surface area (Å²) in [6.45, 7) is 0.936. The molecule has 2 N–H and O–H groups in total. The number of halogens is 1. The quantitative estimate of drug-likeness (QED) is 0.743. The van der Waals surface area contributed by atoms with E-state index in [1.54, 1.807) is 18.3 Å². The minimum absolute atomic E-state index is 0.144. The summed E-state index contributed by atoms with van der Waals surface area (Å²) in [4.78, 5) is 20.4. The lowest BCUT2D eigenvalue weighted by Gasteiger charge is -2.12. The Kier molecular flexibility index (Phi) is 4.65. The van der Waals surface area contributed by atoms with Crippen LogP contribution in [0.3, 0.4) is 0 Å². The van der Waals surface area contributed by atoms with Crippen LogP contribution in [0.25, 0.3) is 11.2 Å². The van der Waals surface area contributed by atoms with Crippen LogP contribution in [-0.4, -0.2) is 28.2 Å². The minimum atomic E-state index is -0.468. The average molecular weight is 363 g/mol. The summed E-state index contributed by atoms with van der Waals surface area (Å²) >= 11 is 0. The molecule has 0 saturated heterocycles. The predicted octanol–water partition coefficient (Wildman–Crippen LogP) is 3.65. The van der Waals surface area contributed by atoms with Gasteiger partial charge in [-0.3, -0.25) is 4.99 Å². The number of dihydropyridines is 1. The molecular weight excluding hydrogens is 345 g/mol. The number of hydrogen-bond donors (Lipinski definition) is 2. The number of anilines is 1. The number of benzene rings is 1. The second-order valence-corrected chi connectivity index (χ2v) is 6.21. The van der Waals surface area contributed by atoms with E-state index in [-0.39, 0.29) is 5.69 Å². The number of rotatable bonds is 4. The van der Waals surface area contributed by atoms with E-state index in [2.05, 4.69) is 20.6 Å². The Morgan fingerprint density at radius 1 is 1.22 bits per heavy atom. The maximum absolute atomic E-state index is 14.4. The third-order valence-electron chi connectivity index (χ3n) is 4.39. The van der Waals surface area contributed by atoms with E-state index in [0.717, 1.165) is 22.3 Å². The lowest BCUT2D eigenvalue weighted by Crippen LogP contribution is -2.28. The van der Waals surface area contributed by atoms with Crippen LogP contribution in [-0.2, 0) is 6.54 Å². The van der Waals surface area contributed by atoms with Crippen molar-refractivity contribution in [3.63, 3.8) is 0 Å². The molecule has 0 spiro atoms. The topological polar surface area (TPSA) is 70.8 Å². The van der Waals surface area contributed by atoms with Crippen LogP contribution in [0.1, 0.15) is 17.5 Å². The van der Waals surface area contributed by atoms with Gasteiger partial charge in [0.1, 0.15) is 11.5 Å². The molecule has 7 heteroatoms. The highest BCUT2D eigenvalue weighted by atomic mass is 19.1. The van der Waals surface area contributed by atoms with Crippen molar-refractivity contribution in [2.45, 2.75) is 13.0 Å². The maximum atomic E-state index is 14.4. The summed E-state index contributed by atoms with van der Waals surface area (Å²) in [5, 5.41) is 5.28. The Morgan fingerprint density at radius 2 is 2.15 bits per heavy atom. The SMILES string of the molecule is O=C(NCc1ccn2ccnc2c1)Nc1ccc(C2=CCN=CC2)cc1F. The first-order valence-corrected chi connectivity index (χ1v) is 8.63. The third-order valence-corrected chi connectivity index (χ3v) is 4.39. The highest BCUT2D eigenvalue weighted by Gasteiger charge is 2.10. The molecule has 0 atom stereocenters. The van der Waals surface area contributed by atoms with Crippen molar-refractivity contribution >= 4 is 29.2 Å². The lowest BCUT2D eigenvalue weighted by atomic mass is 10.0. The number of fused-ring (bicyclic) bond motifs is 1. The number of nitrogens with one attached hydrogen (secondary N) is 2. The average Bonchev–Trinajstić information content (AvgIpc) is 3.16. The number of urea groups is 1. The highest BCUT2D eigenvalue weighted by molar-refractivity contribution is 5.90. The lowest BCUT2D eigenvalue weighted by molar-refractivity contribution is 0.251. The highest BCUT2D eigenvalue weighted by Crippen LogP contribution is 2.24. The van der Waals surface area contributed by atoms with Gasteiger partial charge in [-0.25, -0.2) is 14.2 Å². The number of carbonyl (C=O) groups excluding carboxylic acids is 1. The molecule has 0 radical (unpaired) electrons. The molecule has 0 aliphatic carbocycles. The molecule has 2 amide bonds. The van der Waals surface area contributed by atoms with Crippen molar-refractivity contribution in [1.29, 1.82) is 0 Å². The van der Waals surface area contributed by atoms with Gasteiger partial charge >= 0.3 is 6.03 Å². The number of amides is 2. The predicted molar refractivity (Wildman–Crippen MR) is 103 cm³/mol. The van der Waals surface area contributed by atoms with Crippen molar-refractivity contribution in [2.24, 2.45) is 4.99 Å². The Bertz CT molecular complexity index is 1050. The van der Waals surface area contributed by atoms with Crippen molar-refractivity contribution in [3.05, 3.63) is 71.9 Å². The van der Waals surface area contributed by atoms with E-state index < -0.39 is 11.8 Å². The molecule has 1 aliphatic rings. The molecule has 27 heavy (non-hydrogen) atoms. The second-order valence-electron chi connectivity index (χ2n) is 6.21. The van der Waals surface area contributed by atoms with Gasteiger partial charge in [-0.15, -0.1) is 0 Å². The van der Waals surface area contributed by atoms with Crippen LogP contribution in [0.4, 0.5) is 14.9 Å². The minimum Gasteiger partial charge on any atom is -0.334 e. The molecule has 3 heterocycles. The molecule has 0 bridgehead atoms. The maximum Gasteiger partial charge on any atom is 0.319 e. The zero-order chi connectivity index (χ0) is 18.6. The van der Waals surface area contributed by atoms with E-state index in [9.17, 15) is 9.18 Å². The fourth-order valence-corrected chi connectivity index (χ4v) is 2.95. The van der Waals surface area contributed by atoms with E-state index in [1.807, 2.05) is 41.2 Å². The fraction of sp³-hybridized carbons (Fsp3) is 0.150. The normalized spacial score (nSPS) is 13.4. The zero-order valence-corrected chi connectivity index (χ0v) is 14.5. The number of nitrogens with zero attached hydrogens (tertiary/aromatic N) is 3. The van der Waals surface area contributed by atoms with E-state index in [4.69, 9.17) is 0 Å².